The van der Waals surface area contributed by atoms with Crippen LogP contribution in [-0.2, 0) is 11.2 Å². The minimum atomic E-state index is 0.279. The van der Waals surface area contributed by atoms with Crippen molar-refractivity contribution in [2.75, 3.05) is 32.7 Å². The van der Waals surface area contributed by atoms with Crippen LogP contribution in [0.2, 0.25) is 0 Å². The van der Waals surface area contributed by atoms with Crippen molar-refractivity contribution in [2.45, 2.75) is 129 Å². The average molecular weight is 602 g/mol. The molecule has 1 aromatic heterocycles. The Hall–Kier alpha value is -1.92. The van der Waals surface area contributed by atoms with Gasteiger partial charge in [-0.25, -0.2) is 4.98 Å². The third-order valence-corrected chi connectivity index (χ3v) is 13.0. The number of carbonyl (C=O) groups excluding carboxylic acids is 1. The Bertz CT molecular complexity index is 1250. The molecule has 0 N–H and O–H groups in total. The molecule has 0 unspecified atom stereocenters. The summed E-state index contributed by atoms with van der Waals surface area (Å²) in [5.41, 5.74) is 2.51. The summed E-state index contributed by atoms with van der Waals surface area (Å²) < 4.78 is 2.72. The summed E-state index contributed by atoms with van der Waals surface area (Å²) in [5.74, 6) is 5.62. The molecule has 242 valence electrons. The molecule has 2 aromatic rings. The molecule has 9 atom stereocenters. The topological polar surface area (TPSA) is 44.6 Å². The molecule has 2 saturated carbocycles. The molecule has 0 spiro atoms. The fraction of sp³-hybridized carbons (Fsp3) is 0.789. The molecule has 44 heavy (non-hydrogen) atoms. The molecule has 0 radical (unpaired) electrons. The first-order valence-electron chi connectivity index (χ1n) is 18.6. The molecule has 2 aliphatic carbocycles. The first-order valence-corrected chi connectivity index (χ1v) is 18.6. The van der Waals surface area contributed by atoms with Crippen molar-refractivity contribution in [3.8, 4) is 0 Å². The lowest BCUT2D eigenvalue weighted by atomic mass is 9.68. The summed E-state index contributed by atoms with van der Waals surface area (Å²) in [6.07, 6.45) is 16.5. The number of imidazole rings is 1. The number of para-hydroxylation sites is 2. The van der Waals surface area contributed by atoms with E-state index in [1.807, 2.05) is 4.90 Å². The van der Waals surface area contributed by atoms with Crippen LogP contribution in [0.25, 0.3) is 11.0 Å². The molecule has 3 aliphatic heterocycles. The van der Waals surface area contributed by atoms with Gasteiger partial charge in [-0.05, 0) is 107 Å². The third kappa shape index (κ3) is 5.99. The highest BCUT2D eigenvalue weighted by Gasteiger charge is 2.49. The molecule has 3 saturated heterocycles. The summed E-state index contributed by atoms with van der Waals surface area (Å²) in [5, 5.41) is 0. The van der Waals surface area contributed by atoms with Crippen LogP contribution in [0.4, 0.5) is 0 Å². The fourth-order valence-corrected chi connectivity index (χ4v) is 11.0. The number of piperidine rings is 2. The Morgan fingerprint density at radius 3 is 2.23 bits per heavy atom. The number of carbonyl (C=O) groups is 1. The summed E-state index contributed by atoms with van der Waals surface area (Å²) in [4.78, 5) is 25.7. The Labute approximate surface area is 266 Å². The minimum absolute atomic E-state index is 0.279. The van der Waals surface area contributed by atoms with E-state index in [1.54, 1.807) is 0 Å². The van der Waals surface area contributed by atoms with E-state index in [9.17, 15) is 4.79 Å². The Balaban J connectivity index is 1.12. The van der Waals surface area contributed by atoms with Crippen molar-refractivity contribution in [3.05, 3.63) is 30.1 Å². The summed E-state index contributed by atoms with van der Waals surface area (Å²) >= 11 is 0. The first kappa shape index (κ1) is 30.7. The molecule has 5 fully saturated rings. The van der Waals surface area contributed by atoms with Gasteiger partial charge in [0.05, 0.1) is 17.6 Å². The van der Waals surface area contributed by atoms with Crippen LogP contribution in [0.15, 0.2) is 24.3 Å². The van der Waals surface area contributed by atoms with Crippen LogP contribution in [0.3, 0.4) is 0 Å². The van der Waals surface area contributed by atoms with E-state index in [2.05, 4.69) is 66.3 Å². The maximum Gasteiger partial charge on any atom is 0.236 e. The second-order valence-electron chi connectivity index (χ2n) is 15.8. The second-order valence-corrected chi connectivity index (χ2v) is 15.8. The average Bonchev–Trinajstić information content (AvgIpc) is 3.57. The number of nitrogens with zero attached hydrogens (tertiary/aromatic N) is 5. The molecule has 1 amide bonds. The van der Waals surface area contributed by atoms with Gasteiger partial charge in [-0.3, -0.25) is 14.6 Å². The van der Waals surface area contributed by atoms with Gasteiger partial charge < -0.3 is 9.47 Å². The van der Waals surface area contributed by atoms with Crippen LogP contribution >= 0.6 is 0 Å². The van der Waals surface area contributed by atoms with Gasteiger partial charge in [-0.1, -0.05) is 51.7 Å². The van der Waals surface area contributed by atoms with E-state index in [4.69, 9.17) is 4.98 Å². The smallest absolute Gasteiger partial charge is 0.236 e. The van der Waals surface area contributed by atoms with Crippen LogP contribution in [0, 0.1) is 29.6 Å². The summed E-state index contributed by atoms with van der Waals surface area (Å²) in [7, 11) is 0. The van der Waals surface area contributed by atoms with Gasteiger partial charge in [0.1, 0.15) is 5.82 Å². The quantitative estimate of drug-likeness (QED) is 0.322. The van der Waals surface area contributed by atoms with Crippen LogP contribution in [0.5, 0.6) is 0 Å². The molecule has 6 heteroatoms. The Kier molecular flexibility index (Phi) is 9.12. The molecule has 1 aromatic carbocycles. The number of rotatable bonds is 8. The van der Waals surface area contributed by atoms with E-state index < -0.39 is 0 Å². The zero-order chi connectivity index (χ0) is 30.4. The van der Waals surface area contributed by atoms with Crippen LogP contribution in [-0.4, -0.2) is 81.0 Å². The lowest BCUT2D eigenvalue weighted by Crippen LogP contribution is -2.62. The third-order valence-electron chi connectivity index (χ3n) is 13.0. The van der Waals surface area contributed by atoms with E-state index >= 15 is 0 Å². The Morgan fingerprint density at radius 2 is 1.55 bits per heavy atom. The lowest BCUT2D eigenvalue weighted by Gasteiger charge is -2.58. The van der Waals surface area contributed by atoms with Crippen molar-refractivity contribution in [2.24, 2.45) is 29.6 Å². The van der Waals surface area contributed by atoms with Gasteiger partial charge in [-0.15, -0.1) is 0 Å². The van der Waals surface area contributed by atoms with Gasteiger partial charge in [0.2, 0.25) is 5.91 Å². The number of fused-ring (bicyclic) bond motifs is 5. The van der Waals surface area contributed by atoms with Crippen molar-refractivity contribution < 1.29 is 4.79 Å². The molecular weight excluding hydrogens is 542 g/mol. The number of likely N-dealkylation sites (N-methyl/N-ethyl adjacent to an activating group) is 1. The van der Waals surface area contributed by atoms with Gasteiger partial charge in [-0.2, -0.15) is 0 Å². The monoisotopic (exact) mass is 601 g/mol. The van der Waals surface area contributed by atoms with Crippen LogP contribution < -0.4 is 0 Å². The van der Waals surface area contributed by atoms with E-state index in [-0.39, 0.29) is 5.91 Å². The van der Waals surface area contributed by atoms with Gasteiger partial charge in [0.15, 0.2) is 0 Å². The largest absolute Gasteiger partial charge is 0.342 e. The van der Waals surface area contributed by atoms with Gasteiger partial charge in [0.25, 0.3) is 0 Å². The number of hydrogen-bond donors (Lipinski definition) is 0. The van der Waals surface area contributed by atoms with Crippen molar-refractivity contribution in [3.63, 3.8) is 0 Å². The highest BCUT2D eigenvalue weighted by Crippen LogP contribution is 2.50. The second kappa shape index (κ2) is 13.1. The number of amides is 1. The Morgan fingerprint density at radius 1 is 0.864 bits per heavy atom. The van der Waals surface area contributed by atoms with E-state index in [0.29, 0.717) is 30.6 Å². The number of aromatic nitrogens is 2. The molecule has 7 rings (SSSR count). The maximum atomic E-state index is 12.8. The number of benzene rings is 1. The highest BCUT2D eigenvalue weighted by atomic mass is 16.2. The zero-order valence-electron chi connectivity index (χ0n) is 28.2. The standard InChI is InChI=1S/C38H59N5O/c1-5-41(6-2)38(44)25-40-16-15-30(24-40)21-37-39-33-13-9-10-14-34(33)43(37)32-22-35-26(3)17-27(4)36(23-32)42(35)31-19-28-11-7-8-12-29(18-28)20-31/h9-10,13-14,26-32,35-36H,5-8,11-12,15-25H2,1-4H3/t26-,27+,28-,29+,30-,31-,32+,35+,36-/m0/s1. The van der Waals surface area contributed by atoms with E-state index in [1.165, 1.54) is 81.1 Å². The lowest BCUT2D eigenvalue weighted by molar-refractivity contribution is -0.131. The predicted octanol–water partition coefficient (Wildman–Crippen LogP) is 7.18. The first-order chi connectivity index (χ1) is 21.4. The molecule has 4 bridgehead atoms. The fourth-order valence-electron chi connectivity index (χ4n) is 11.0. The van der Waals surface area contributed by atoms with Gasteiger partial charge in [0, 0.05) is 50.2 Å². The number of hydrogen-bond acceptors (Lipinski definition) is 4. The summed E-state index contributed by atoms with van der Waals surface area (Å²) in [6, 6.07) is 11.7. The molecule has 6 nitrogen and oxygen atoms in total. The van der Waals surface area contributed by atoms with Crippen molar-refractivity contribution >= 4 is 16.9 Å². The highest BCUT2D eigenvalue weighted by molar-refractivity contribution is 5.78. The SMILES string of the molecule is CCN(CC)C(=O)CN1CC[C@@H](Cc2nc3ccccc3n2[C@@H]2C[C@@H]3[C@@H](C)C[C@@H](C)[C@H](C2)N3[C@@H]2C[C@@H]3CCCC[C@@H](C3)C2)C1. The predicted molar refractivity (Wildman–Crippen MR) is 180 cm³/mol. The minimum Gasteiger partial charge on any atom is -0.342 e. The van der Waals surface area contributed by atoms with Crippen LogP contribution in [0.1, 0.15) is 110 Å². The number of likely N-dealkylation sites (tertiary alicyclic amines) is 1. The molecule has 4 heterocycles. The maximum absolute atomic E-state index is 12.8. The molecule has 5 aliphatic rings. The summed E-state index contributed by atoms with van der Waals surface area (Å²) in [6.45, 7) is 13.5. The van der Waals surface area contributed by atoms with Gasteiger partial charge >= 0.3 is 0 Å². The van der Waals surface area contributed by atoms with Crippen molar-refractivity contribution in [1.29, 1.82) is 0 Å². The molecular formula is C38H59N5O. The zero-order valence-corrected chi connectivity index (χ0v) is 28.2. The normalized spacial score (nSPS) is 36.4. The van der Waals surface area contributed by atoms with E-state index in [0.717, 1.165) is 68.7 Å². The van der Waals surface area contributed by atoms with Crippen molar-refractivity contribution in [1.82, 2.24) is 24.3 Å².